The van der Waals surface area contributed by atoms with Crippen LogP contribution in [0.3, 0.4) is 0 Å². The summed E-state index contributed by atoms with van der Waals surface area (Å²) in [7, 11) is 0. The Labute approximate surface area is 86.9 Å². The Bertz CT molecular complexity index is 309. The maximum absolute atomic E-state index is 8.59. The Morgan fingerprint density at radius 3 is 3.15 bits per heavy atom. The van der Waals surface area contributed by atoms with Crippen LogP contribution in [0.4, 0.5) is 0 Å². The standard InChI is InChI=1S/C9H9ClN2S/c10-3-1-5-13-9-2-4-12-8(6-9)7-11/h2,4,6H,1,3,5H2. The van der Waals surface area contributed by atoms with Crippen molar-refractivity contribution in [2.24, 2.45) is 0 Å². The molecular weight excluding hydrogens is 204 g/mol. The summed E-state index contributed by atoms with van der Waals surface area (Å²) in [6, 6.07) is 5.70. The van der Waals surface area contributed by atoms with Gasteiger partial charge in [-0.25, -0.2) is 4.98 Å². The maximum atomic E-state index is 8.59. The third-order valence-electron chi connectivity index (χ3n) is 1.39. The van der Waals surface area contributed by atoms with E-state index in [2.05, 4.69) is 4.98 Å². The van der Waals surface area contributed by atoms with Crippen LogP contribution in [-0.2, 0) is 0 Å². The summed E-state index contributed by atoms with van der Waals surface area (Å²) in [5, 5.41) is 8.59. The van der Waals surface area contributed by atoms with E-state index in [0.717, 1.165) is 17.1 Å². The molecule has 1 heterocycles. The van der Waals surface area contributed by atoms with Gasteiger partial charge in [-0.15, -0.1) is 23.4 Å². The molecule has 0 unspecified atom stereocenters. The molecule has 1 aromatic rings. The normalized spacial score (nSPS) is 9.54. The molecule has 0 radical (unpaired) electrons. The summed E-state index contributed by atoms with van der Waals surface area (Å²) in [4.78, 5) is 4.97. The molecule has 0 saturated heterocycles. The highest BCUT2D eigenvalue weighted by molar-refractivity contribution is 7.99. The lowest BCUT2D eigenvalue weighted by Crippen LogP contribution is -1.84. The zero-order chi connectivity index (χ0) is 9.52. The summed E-state index contributed by atoms with van der Waals surface area (Å²) in [6.07, 6.45) is 2.64. The molecule has 1 aromatic heterocycles. The van der Waals surface area contributed by atoms with Gasteiger partial charge in [0.2, 0.25) is 0 Å². The van der Waals surface area contributed by atoms with Gasteiger partial charge in [0.25, 0.3) is 0 Å². The molecule has 0 aliphatic rings. The molecule has 2 nitrogen and oxygen atoms in total. The number of nitriles is 1. The highest BCUT2D eigenvalue weighted by atomic mass is 35.5. The van der Waals surface area contributed by atoms with Gasteiger partial charge < -0.3 is 0 Å². The molecule has 1 rings (SSSR count). The van der Waals surface area contributed by atoms with Crippen LogP contribution >= 0.6 is 23.4 Å². The number of alkyl halides is 1. The lowest BCUT2D eigenvalue weighted by Gasteiger charge is -1.98. The molecule has 0 amide bonds. The number of halogens is 1. The molecule has 68 valence electrons. The third-order valence-corrected chi connectivity index (χ3v) is 2.74. The molecule has 13 heavy (non-hydrogen) atoms. The largest absolute Gasteiger partial charge is 0.245 e. The topological polar surface area (TPSA) is 36.7 Å². The van der Waals surface area contributed by atoms with Crippen LogP contribution in [0.15, 0.2) is 23.2 Å². The Morgan fingerprint density at radius 2 is 2.46 bits per heavy atom. The first-order chi connectivity index (χ1) is 6.36. The van der Waals surface area contributed by atoms with Crippen LogP contribution in [-0.4, -0.2) is 16.6 Å². The molecule has 0 bridgehead atoms. The van der Waals surface area contributed by atoms with Crippen LogP contribution in [0.2, 0.25) is 0 Å². The van der Waals surface area contributed by atoms with Crippen molar-refractivity contribution in [1.29, 1.82) is 5.26 Å². The molecule has 0 aliphatic heterocycles. The van der Waals surface area contributed by atoms with E-state index < -0.39 is 0 Å². The molecule has 4 heteroatoms. The summed E-state index contributed by atoms with van der Waals surface area (Å²) < 4.78 is 0. The predicted molar refractivity (Wildman–Crippen MR) is 55.0 cm³/mol. The summed E-state index contributed by atoms with van der Waals surface area (Å²) in [5.74, 6) is 1.67. The lowest BCUT2D eigenvalue weighted by atomic mass is 10.4. The molecule has 0 spiro atoms. The van der Waals surface area contributed by atoms with Crippen molar-refractivity contribution < 1.29 is 0 Å². The minimum absolute atomic E-state index is 0.468. The number of hydrogen-bond acceptors (Lipinski definition) is 3. The van der Waals surface area contributed by atoms with Crippen LogP contribution in [0.1, 0.15) is 12.1 Å². The van der Waals surface area contributed by atoms with Gasteiger partial charge in [0, 0.05) is 17.0 Å². The van der Waals surface area contributed by atoms with Gasteiger partial charge in [-0.1, -0.05) is 0 Å². The van der Waals surface area contributed by atoms with E-state index >= 15 is 0 Å². The number of rotatable bonds is 4. The van der Waals surface area contributed by atoms with Gasteiger partial charge in [-0.05, 0) is 24.3 Å². The first-order valence-electron chi connectivity index (χ1n) is 3.91. The minimum atomic E-state index is 0.468. The van der Waals surface area contributed by atoms with Crippen LogP contribution in [0.25, 0.3) is 0 Å². The number of thioether (sulfide) groups is 1. The van der Waals surface area contributed by atoms with Crippen LogP contribution < -0.4 is 0 Å². The van der Waals surface area contributed by atoms with Crippen molar-refractivity contribution in [2.75, 3.05) is 11.6 Å². The smallest absolute Gasteiger partial charge is 0.141 e. The summed E-state index contributed by atoms with van der Waals surface area (Å²) in [5.41, 5.74) is 0.468. The maximum Gasteiger partial charge on any atom is 0.141 e. The van der Waals surface area contributed by atoms with Crippen molar-refractivity contribution in [3.63, 3.8) is 0 Å². The highest BCUT2D eigenvalue weighted by Crippen LogP contribution is 2.18. The van der Waals surface area contributed by atoms with Crippen LogP contribution in [0.5, 0.6) is 0 Å². The number of hydrogen-bond donors (Lipinski definition) is 0. The first kappa shape index (κ1) is 10.4. The number of aromatic nitrogens is 1. The van der Waals surface area contributed by atoms with E-state index in [4.69, 9.17) is 16.9 Å². The van der Waals surface area contributed by atoms with E-state index in [-0.39, 0.29) is 0 Å². The van der Waals surface area contributed by atoms with E-state index in [1.807, 2.05) is 12.1 Å². The molecule has 0 N–H and O–H groups in total. The number of nitrogens with zero attached hydrogens (tertiary/aromatic N) is 2. The second-order valence-electron chi connectivity index (χ2n) is 2.38. The zero-order valence-electron chi connectivity index (χ0n) is 7.03. The molecule has 0 aromatic carbocycles. The van der Waals surface area contributed by atoms with Crippen molar-refractivity contribution >= 4 is 23.4 Å². The lowest BCUT2D eigenvalue weighted by molar-refractivity contribution is 1.11. The average Bonchev–Trinajstić information content (AvgIpc) is 2.19. The monoisotopic (exact) mass is 212 g/mol. The van der Waals surface area contributed by atoms with Gasteiger partial charge in [-0.3, -0.25) is 0 Å². The average molecular weight is 213 g/mol. The summed E-state index contributed by atoms with van der Waals surface area (Å²) >= 11 is 7.25. The minimum Gasteiger partial charge on any atom is -0.245 e. The van der Waals surface area contributed by atoms with Crippen molar-refractivity contribution in [3.8, 4) is 6.07 Å². The van der Waals surface area contributed by atoms with Gasteiger partial charge in [-0.2, -0.15) is 5.26 Å². The van der Waals surface area contributed by atoms with Crippen molar-refractivity contribution in [3.05, 3.63) is 24.0 Å². The molecule has 0 atom stereocenters. The quantitative estimate of drug-likeness (QED) is 0.438. The fraction of sp³-hybridized carbons (Fsp3) is 0.333. The fourth-order valence-corrected chi connectivity index (χ4v) is 1.98. The SMILES string of the molecule is N#Cc1cc(SCCCCl)ccn1. The van der Waals surface area contributed by atoms with Crippen LogP contribution in [0, 0.1) is 11.3 Å². The molecule has 0 saturated carbocycles. The Hall–Kier alpha value is -0.720. The van der Waals surface area contributed by atoms with Gasteiger partial charge in [0.15, 0.2) is 0 Å². The van der Waals surface area contributed by atoms with E-state index in [1.165, 1.54) is 0 Å². The second kappa shape index (κ2) is 5.85. The van der Waals surface area contributed by atoms with Gasteiger partial charge in [0.05, 0.1) is 0 Å². The molecule has 0 fully saturated rings. The van der Waals surface area contributed by atoms with E-state index in [1.54, 1.807) is 24.0 Å². The first-order valence-corrected chi connectivity index (χ1v) is 5.43. The van der Waals surface area contributed by atoms with Gasteiger partial charge >= 0.3 is 0 Å². The molecular formula is C9H9ClN2S. The number of pyridine rings is 1. The van der Waals surface area contributed by atoms with E-state index in [9.17, 15) is 0 Å². The predicted octanol–water partition coefficient (Wildman–Crippen LogP) is 2.67. The fourth-order valence-electron chi connectivity index (χ4n) is 0.807. The van der Waals surface area contributed by atoms with E-state index in [0.29, 0.717) is 11.6 Å². The third kappa shape index (κ3) is 3.67. The van der Waals surface area contributed by atoms with Crippen molar-refractivity contribution in [2.45, 2.75) is 11.3 Å². The Balaban J connectivity index is 2.52. The van der Waals surface area contributed by atoms with Crippen molar-refractivity contribution in [1.82, 2.24) is 4.98 Å². The van der Waals surface area contributed by atoms with Gasteiger partial charge in [0.1, 0.15) is 11.8 Å². The Morgan fingerprint density at radius 1 is 1.62 bits per heavy atom. The second-order valence-corrected chi connectivity index (χ2v) is 3.93. The zero-order valence-corrected chi connectivity index (χ0v) is 8.61. The highest BCUT2D eigenvalue weighted by Gasteiger charge is 1.96. The molecule has 0 aliphatic carbocycles. The summed E-state index contributed by atoms with van der Waals surface area (Å²) in [6.45, 7) is 0. The Kier molecular flexibility index (Phi) is 4.66.